The van der Waals surface area contributed by atoms with Crippen LogP contribution in [0.25, 0.3) is 22.4 Å². The summed E-state index contributed by atoms with van der Waals surface area (Å²) in [5, 5.41) is 8.07. The highest BCUT2D eigenvalue weighted by molar-refractivity contribution is 5.81. The van der Waals surface area contributed by atoms with Crippen LogP contribution < -0.4 is 5.32 Å². The Labute approximate surface area is 186 Å². The van der Waals surface area contributed by atoms with E-state index in [2.05, 4.69) is 15.2 Å². The van der Waals surface area contributed by atoms with Crippen molar-refractivity contribution in [1.82, 2.24) is 19.7 Å². The van der Waals surface area contributed by atoms with Gasteiger partial charge in [-0.25, -0.2) is 13.8 Å². The topological polar surface area (TPSA) is 46.0 Å². The first kappa shape index (κ1) is 21.6. The van der Waals surface area contributed by atoms with E-state index < -0.39 is 0 Å². The van der Waals surface area contributed by atoms with Crippen LogP contribution in [0.3, 0.4) is 0 Å². The van der Waals surface area contributed by atoms with Crippen LogP contribution >= 0.6 is 0 Å². The summed E-state index contributed by atoms with van der Waals surface area (Å²) in [5.74, 6) is 0.171. The lowest BCUT2D eigenvalue weighted by atomic mass is 10.0. The van der Waals surface area contributed by atoms with E-state index in [9.17, 15) is 8.78 Å². The zero-order valence-electron chi connectivity index (χ0n) is 18.1. The molecule has 0 aliphatic heterocycles. The Morgan fingerprint density at radius 2 is 1.59 bits per heavy atom. The summed E-state index contributed by atoms with van der Waals surface area (Å²) in [7, 11) is 4.04. The van der Waals surface area contributed by atoms with Gasteiger partial charge in [0.2, 0.25) is 0 Å². The number of hydrogen-bond acceptors (Lipinski definition) is 4. The first-order valence-corrected chi connectivity index (χ1v) is 10.4. The maximum atomic E-state index is 13.5. The molecule has 2 heterocycles. The van der Waals surface area contributed by atoms with E-state index in [1.165, 1.54) is 24.3 Å². The van der Waals surface area contributed by atoms with Crippen LogP contribution in [0.1, 0.15) is 5.56 Å². The smallest absolute Gasteiger partial charge is 0.126 e. The average molecular weight is 434 g/mol. The molecule has 0 amide bonds. The minimum absolute atomic E-state index is 0.256. The van der Waals surface area contributed by atoms with Crippen molar-refractivity contribution in [2.45, 2.75) is 13.1 Å². The van der Waals surface area contributed by atoms with Crippen molar-refractivity contribution in [1.29, 1.82) is 0 Å². The van der Waals surface area contributed by atoms with Crippen molar-refractivity contribution >= 4 is 5.82 Å². The van der Waals surface area contributed by atoms with Gasteiger partial charge in [0.15, 0.2) is 0 Å². The summed E-state index contributed by atoms with van der Waals surface area (Å²) in [6.45, 7) is 2.12. The van der Waals surface area contributed by atoms with Crippen LogP contribution in [0.5, 0.6) is 0 Å². The van der Waals surface area contributed by atoms with Crippen LogP contribution in [0.2, 0.25) is 0 Å². The zero-order chi connectivity index (χ0) is 22.5. The zero-order valence-corrected chi connectivity index (χ0v) is 18.1. The molecular weight excluding hydrogens is 408 g/mol. The number of nitrogens with zero attached hydrogens (tertiary/aromatic N) is 4. The minimum Gasteiger partial charge on any atom is -0.366 e. The number of benzene rings is 2. The molecule has 0 saturated heterocycles. The summed E-state index contributed by atoms with van der Waals surface area (Å²) >= 11 is 0. The van der Waals surface area contributed by atoms with E-state index in [0.29, 0.717) is 12.4 Å². The lowest BCUT2D eigenvalue weighted by Crippen LogP contribution is -2.18. The Hall–Kier alpha value is -3.58. The minimum atomic E-state index is -0.279. The monoisotopic (exact) mass is 433 g/mol. The Bertz CT molecular complexity index is 1170. The second-order valence-electron chi connectivity index (χ2n) is 7.87. The number of hydrogen-bond donors (Lipinski definition) is 1. The van der Waals surface area contributed by atoms with Gasteiger partial charge in [0.25, 0.3) is 0 Å². The van der Waals surface area contributed by atoms with E-state index in [1.54, 1.807) is 30.5 Å². The molecule has 0 radical (unpaired) electrons. The van der Waals surface area contributed by atoms with Crippen molar-refractivity contribution in [3.8, 4) is 22.4 Å². The van der Waals surface area contributed by atoms with Gasteiger partial charge in [-0.3, -0.25) is 4.68 Å². The molecule has 4 aromatic rings. The molecule has 164 valence electrons. The van der Waals surface area contributed by atoms with Crippen LogP contribution in [-0.2, 0) is 13.1 Å². The van der Waals surface area contributed by atoms with Gasteiger partial charge in [-0.2, -0.15) is 5.10 Å². The highest BCUT2D eigenvalue weighted by atomic mass is 19.1. The van der Waals surface area contributed by atoms with Gasteiger partial charge < -0.3 is 10.2 Å². The standard InChI is InChI=1S/C25H25F2N5/c1-31(2)13-14-32-17-23(25(30-32)19-5-9-22(27)10-6-19)20-11-12-28-24(15-20)29-16-18-3-7-21(26)8-4-18/h3-12,15,17H,13-14,16H2,1-2H3,(H,28,29). The summed E-state index contributed by atoms with van der Waals surface area (Å²) in [6.07, 6.45) is 3.76. The van der Waals surface area contributed by atoms with Gasteiger partial charge in [-0.1, -0.05) is 12.1 Å². The third-order valence-electron chi connectivity index (χ3n) is 5.11. The molecule has 32 heavy (non-hydrogen) atoms. The number of halogens is 2. The molecule has 2 aromatic heterocycles. The quantitative estimate of drug-likeness (QED) is 0.422. The molecule has 0 unspecified atom stereocenters. The van der Waals surface area contributed by atoms with Crippen molar-refractivity contribution < 1.29 is 8.78 Å². The van der Waals surface area contributed by atoms with E-state index in [4.69, 9.17) is 5.10 Å². The molecule has 4 rings (SSSR count). The highest BCUT2D eigenvalue weighted by Crippen LogP contribution is 2.32. The molecule has 0 fully saturated rings. The summed E-state index contributed by atoms with van der Waals surface area (Å²) in [6, 6.07) is 16.6. The van der Waals surface area contributed by atoms with Crippen LogP contribution in [0.4, 0.5) is 14.6 Å². The van der Waals surface area contributed by atoms with Crippen LogP contribution in [0, 0.1) is 11.6 Å². The predicted octanol–water partition coefficient (Wildman–Crippen LogP) is 5.06. The third-order valence-corrected chi connectivity index (χ3v) is 5.11. The fourth-order valence-corrected chi connectivity index (χ4v) is 3.36. The number of rotatable bonds is 8. The maximum Gasteiger partial charge on any atom is 0.126 e. The van der Waals surface area contributed by atoms with Crippen molar-refractivity contribution in [3.05, 3.63) is 90.3 Å². The number of nitrogens with one attached hydrogen (secondary N) is 1. The molecule has 0 spiro atoms. The first-order valence-electron chi connectivity index (χ1n) is 10.4. The van der Waals surface area contributed by atoms with E-state index in [0.717, 1.165) is 41.0 Å². The third kappa shape index (κ3) is 5.36. The normalized spacial score (nSPS) is 11.2. The average Bonchev–Trinajstić information content (AvgIpc) is 3.22. The van der Waals surface area contributed by atoms with Crippen molar-refractivity contribution in [2.24, 2.45) is 0 Å². The van der Waals surface area contributed by atoms with Gasteiger partial charge >= 0.3 is 0 Å². The molecule has 5 nitrogen and oxygen atoms in total. The largest absolute Gasteiger partial charge is 0.366 e. The molecule has 7 heteroatoms. The number of pyridine rings is 1. The predicted molar refractivity (Wildman–Crippen MR) is 123 cm³/mol. The maximum absolute atomic E-state index is 13.5. The van der Waals surface area contributed by atoms with Gasteiger partial charge in [0, 0.05) is 36.6 Å². The van der Waals surface area contributed by atoms with Crippen LogP contribution in [0.15, 0.2) is 73.1 Å². The van der Waals surface area contributed by atoms with E-state index in [1.807, 2.05) is 37.1 Å². The van der Waals surface area contributed by atoms with Gasteiger partial charge in [0.05, 0.1) is 6.54 Å². The Kier molecular flexibility index (Phi) is 6.56. The molecule has 1 N–H and O–H groups in total. The molecule has 2 aromatic carbocycles. The lowest BCUT2D eigenvalue weighted by Gasteiger charge is -2.08. The first-order chi connectivity index (χ1) is 15.5. The number of aromatic nitrogens is 3. The Balaban J connectivity index is 1.63. The molecule has 0 bridgehead atoms. The van der Waals surface area contributed by atoms with Gasteiger partial charge in [0.1, 0.15) is 23.1 Å². The molecular formula is C25H25F2N5. The van der Waals surface area contributed by atoms with Gasteiger partial charge in [-0.15, -0.1) is 0 Å². The van der Waals surface area contributed by atoms with E-state index in [-0.39, 0.29) is 11.6 Å². The molecule has 0 aliphatic carbocycles. The Morgan fingerprint density at radius 1 is 0.906 bits per heavy atom. The lowest BCUT2D eigenvalue weighted by molar-refractivity contribution is 0.373. The highest BCUT2D eigenvalue weighted by Gasteiger charge is 2.14. The van der Waals surface area contributed by atoms with E-state index >= 15 is 0 Å². The fraction of sp³-hybridized carbons (Fsp3) is 0.200. The molecule has 0 saturated carbocycles. The van der Waals surface area contributed by atoms with Crippen LogP contribution in [-0.4, -0.2) is 40.3 Å². The molecule has 0 atom stereocenters. The number of likely N-dealkylation sites (N-methyl/N-ethyl adjacent to an activating group) is 1. The second kappa shape index (κ2) is 9.70. The number of anilines is 1. The fourth-order valence-electron chi connectivity index (χ4n) is 3.36. The Morgan fingerprint density at radius 3 is 2.28 bits per heavy atom. The van der Waals surface area contributed by atoms with Crippen molar-refractivity contribution in [2.75, 3.05) is 26.0 Å². The summed E-state index contributed by atoms with van der Waals surface area (Å²) in [4.78, 5) is 6.51. The SMILES string of the molecule is CN(C)CCn1cc(-c2ccnc(NCc3ccc(F)cc3)c2)c(-c2ccc(F)cc2)n1. The van der Waals surface area contributed by atoms with Crippen molar-refractivity contribution in [3.63, 3.8) is 0 Å². The summed E-state index contributed by atoms with van der Waals surface area (Å²) < 4.78 is 28.5. The van der Waals surface area contributed by atoms with Gasteiger partial charge in [-0.05, 0) is 73.8 Å². The second-order valence-corrected chi connectivity index (χ2v) is 7.87. The molecule has 0 aliphatic rings. The summed E-state index contributed by atoms with van der Waals surface area (Å²) in [5.41, 5.74) is 4.50.